The maximum atomic E-state index is 11.2. The van der Waals surface area contributed by atoms with Crippen molar-refractivity contribution in [2.24, 2.45) is 0 Å². The first-order valence-corrected chi connectivity index (χ1v) is 4.28. The summed E-state index contributed by atoms with van der Waals surface area (Å²) in [4.78, 5) is 21.7. The monoisotopic (exact) mass is 193 g/mol. The van der Waals surface area contributed by atoms with Gasteiger partial charge in [-0.3, -0.25) is 9.59 Å². The van der Waals surface area contributed by atoms with Gasteiger partial charge in [0.1, 0.15) is 0 Å². The topological polar surface area (TPSA) is 58.2 Å². The number of hydrogen-bond donors (Lipinski definition) is 2. The van der Waals surface area contributed by atoms with E-state index in [1.807, 2.05) is 18.2 Å². The lowest BCUT2D eigenvalue weighted by Crippen LogP contribution is -2.31. The van der Waals surface area contributed by atoms with Crippen LogP contribution in [-0.2, 0) is 9.59 Å². The highest BCUT2D eigenvalue weighted by molar-refractivity contribution is 5.94. The SMILES string of the molecule is CC(=O)NC[13C](=O)Nc1ccccc1. The number of hydrogen-bond acceptors (Lipinski definition) is 2. The van der Waals surface area contributed by atoms with Crippen LogP contribution >= 0.6 is 0 Å². The maximum absolute atomic E-state index is 11.2. The molecule has 0 aliphatic heterocycles. The third kappa shape index (κ3) is 3.71. The van der Waals surface area contributed by atoms with Crippen molar-refractivity contribution in [2.45, 2.75) is 6.92 Å². The summed E-state index contributed by atoms with van der Waals surface area (Å²) in [5.74, 6) is -0.445. The minimum absolute atomic E-state index is 0.00419. The van der Waals surface area contributed by atoms with Crippen molar-refractivity contribution in [3.63, 3.8) is 0 Å². The van der Waals surface area contributed by atoms with E-state index in [0.717, 1.165) is 5.69 Å². The van der Waals surface area contributed by atoms with Gasteiger partial charge in [0.25, 0.3) is 0 Å². The van der Waals surface area contributed by atoms with Gasteiger partial charge in [0.15, 0.2) is 0 Å². The highest BCUT2D eigenvalue weighted by Gasteiger charge is 2.01. The van der Waals surface area contributed by atoms with E-state index in [1.165, 1.54) is 6.92 Å². The molecule has 0 heterocycles. The summed E-state index contributed by atoms with van der Waals surface area (Å²) in [7, 11) is 0. The van der Waals surface area contributed by atoms with Crippen LogP contribution in [0.1, 0.15) is 6.92 Å². The fourth-order valence-corrected chi connectivity index (χ4v) is 0.931. The van der Waals surface area contributed by atoms with E-state index in [2.05, 4.69) is 10.6 Å². The number of rotatable bonds is 3. The Bertz CT molecular complexity index is 322. The summed E-state index contributed by atoms with van der Waals surface area (Å²) in [5.41, 5.74) is 0.725. The summed E-state index contributed by atoms with van der Waals surface area (Å²) >= 11 is 0. The molecule has 0 bridgehead atoms. The van der Waals surface area contributed by atoms with Crippen LogP contribution in [0.15, 0.2) is 30.3 Å². The molecule has 0 atom stereocenters. The Morgan fingerprint density at radius 3 is 2.43 bits per heavy atom. The van der Waals surface area contributed by atoms with Crippen LogP contribution in [0.25, 0.3) is 0 Å². The van der Waals surface area contributed by atoms with Gasteiger partial charge in [-0.05, 0) is 12.1 Å². The van der Waals surface area contributed by atoms with Crippen molar-refractivity contribution in [1.82, 2.24) is 5.32 Å². The van der Waals surface area contributed by atoms with Gasteiger partial charge in [0.05, 0.1) is 6.54 Å². The van der Waals surface area contributed by atoms with Gasteiger partial charge >= 0.3 is 0 Å². The summed E-state index contributed by atoms with van der Waals surface area (Å²) in [6, 6.07) is 9.09. The van der Waals surface area contributed by atoms with Gasteiger partial charge < -0.3 is 10.6 Å². The molecule has 4 heteroatoms. The van der Waals surface area contributed by atoms with E-state index in [1.54, 1.807) is 12.1 Å². The van der Waals surface area contributed by atoms with Crippen LogP contribution in [0.3, 0.4) is 0 Å². The minimum Gasteiger partial charge on any atom is -0.347 e. The standard InChI is InChI=1S/C10H12N2O2/c1-8(13)11-7-10(14)12-9-5-3-2-4-6-9/h2-6H,7H2,1H3,(H,11,13)(H,12,14)/i10+1. The Morgan fingerprint density at radius 1 is 1.21 bits per heavy atom. The van der Waals surface area contributed by atoms with Crippen molar-refractivity contribution >= 4 is 17.5 Å². The van der Waals surface area contributed by atoms with E-state index < -0.39 is 0 Å². The molecule has 4 nitrogen and oxygen atoms in total. The zero-order valence-electron chi connectivity index (χ0n) is 7.91. The lowest BCUT2D eigenvalue weighted by Gasteiger charge is -2.04. The van der Waals surface area contributed by atoms with Crippen molar-refractivity contribution in [3.05, 3.63) is 30.3 Å². The quantitative estimate of drug-likeness (QED) is 0.696. The third-order valence-electron chi connectivity index (χ3n) is 1.56. The zero-order chi connectivity index (χ0) is 10.4. The molecule has 1 aromatic carbocycles. The van der Waals surface area contributed by atoms with Gasteiger partial charge in [-0.2, -0.15) is 0 Å². The Balaban J connectivity index is 2.38. The molecule has 0 saturated carbocycles. The number of carbonyl (C=O) groups excluding carboxylic acids is 2. The second-order valence-corrected chi connectivity index (χ2v) is 2.82. The first-order chi connectivity index (χ1) is 6.68. The summed E-state index contributed by atoms with van der Waals surface area (Å²) in [6.07, 6.45) is 0. The number of nitrogens with one attached hydrogen (secondary N) is 2. The van der Waals surface area contributed by atoms with Crippen molar-refractivity contribution in [2.75, 3.05) is 11.9 Å². The van der Waals surface area contributed by atoms with Gasteiger partial charge in [-0.25, -0.2) is 0 Å². The summed E-state index contributed by atoms with van der Waals surface area (Å²) < 4.78 is 0. The first-order valence-electron chi connectivity index (χ1n) is 4.28. The molecule has 2 amide bonds. The fraction of sp³-hybridized carbons (Fsp3) is 0.200. The highest BCUT2D eigenvalue weighted by Crippen LogP contribution is 2.03. The van der Waals surface area contributed by atoms with E-state index in [-0.39, 0.29) is 18.4 Å². The molecule has 0 saturated heterocycles. The Kier molecular flexibility index (Phi) is 3.67. The van der Waals surface area contributed by atoms with Crippen molar-refractivity contribution in [1.29, 1.82) is 0 Å². The smallest absolute Gasteiger partial charge is 0.243 e. The molecule has 14 heavy (non-hydrogen) atoms. The second kappa shape index (κ2) is 5.01. The molecule has 0 aliphatic rings. The van der Waals surface area contributed by atoms with Crippen LogP contribution in [0.5, 0.6) is 0 Å². The largest absolute Gasteiger partial charge is 0.347 e. The van der Waals surface area contributed by atoms with Crippen molar-refractivity contribution < 1.29 is 9.59 Å². The molecule has 0 spiro atoms. The summed E-state index contributed by atoms with van der Waals surface area (Å²) in [6.45, 7) is 1.38. The predicted molar refractivity (Wildman–Crippen MR) is 53.8 cm³/mol. The molecule has 1 aromatic rings. The van der Waals surface area contributed by atoms with E-state index >= 15 is 0 Å². The van der Waals surface area contributed by atoms with E-state index in [4.69, 9.17) is 0 Å². The fourth-order valence-electron chi connectivity index (χ4n) is 0.931. The van der Waals surface area contributed by atoms with Crippen LogP contribution in [0.4, 0.5) is 5.69 Å². The van der Waals surface area contributed by atoms with Gasteiger partial charge in [0.2, 0.25) is 11.8 Å². The lowest BCUT2D eigenvalue weighted by atomic mass is 10.3. The van der Waals surface area contributed by atoms with Crippen LogP contribution in [0.2, 0.25) is 0 Å². The number of para-hydroxylation sites is 1. The first kappa shape index (κ1) is 10.2. The molecule has 0 aromatic heterocycles. The predicted octanol–water partition coefficient (Wildman–Crippen LogP) is 0.761. The maximum Gasteiger partial charge on any atom is 0.243 e. The Morgan fingerprint density at radius 2 is 1.86 bits per heavy atom. The van der Waals surface area contributed by atoms with Crippen molar-refractivity contribution in [3.8, 4) is 0 Å². The van der Waals surface area contributed by atoms with Crippen LogP contribution in [-0.4, -0.2) is 18.4 Å². The Labute approximate surface area is 82.3 Å². The van der Waals surface area contributed by atoms with Crippen LogP contribution in [0, 0.1) is 0 Å². The molecule has 0 radical (unpaired) electrons. The zero-order valence-corrected chi connectivity index (χ0v) is 7.91. The molecule has 1 rings (SSSR count). The number of carbonyl (C=O) groups is 2. The molecular weight excluding hydrogens is 181 g/mol. The molecule has 74 valence electrons. The second-order valence-electron chi connectivity index (χ2n) is 2.82. The normalized spacial score (nSPS) is 9.21. The molecule has 2 N–H and O–H groups in total. The van der Waals surface area contributed by atoms with Gasteiger partial charge in [-0.15, -0.1) is 0 Å². The average Bonchev–Trinajstić information content (AvgIpc) is 2.16. The number of anilines is 1. The lowest BCUT2D eigenvalue weighted by molar-refractivity contribution is -0.122. The minimum atomic E-state index is -0.230. The molecule has 0 aliphatic carbocycles. The molecular formula is C10H12N2O2. The highest BCUT2D eigenvalue weighted by atomic mass is 16.2. The Hall–Kier alpha value is -1.84. The number of benzene rings is 1. The van der Waals surface area contributed by atoms with Gasteiger partial charge in [-0.1, -0.05) is 18.2 Å². The van der Waals surface area contributed by atoms with Crippen LogP contribution < -0.4 is 10.6 Å². The number of amides is 2. The van der Waals surface area contributed by atoms with E-state index in [0.29, 0.717) is 0 Å². The van der Waals surface area contributed by atoms with Gasteiger partial charge in [0, 0.05) is 12.6 Å². The van der Waals surface area contributed by atoms with E-state index in [9.17, 15) is 9.59 Å². The molecule has 0 unspecified atom stereocenters. The summed E-state index contributed by atoms with van der Waals surface area (Å²) in [5, 5.41) is 5.06. The molecule has 0 fully saturated rings. The average molecular weight is 193 g/mol. The third-order valence-corrected chi connectivity index (χ3v) is 1.56.